The van der Waals surface area contributed by atoms with Gasteiger partial charge in [0.25, 0.3) is 0 Å². The fourth-order valence-corrected chi connectivity index (χ4v) is 23.4. The van der Waals surface area contributed by atoms with Crippen molar-refractivity contribution < 1.29 is 0 Å². The summed E-state index contributed by atoms with van der Waals surface area (Å²) >= 11 is 0. The summed E-state index contributed by atoms with van der Waals surface area (Å²) < 4.78 is 5.01. The second-order valence-electron chi connectivity index (χ2n) is 20.3. The van der Waals surface area contributed by atoms with Crippen molar-refractivity contribution in [1.29, 1.82) is 0 Å². The van der Waals surface area contributed by atoms with Crippen LogP contribution in [0.1, 0.15) is 0 Å². The molecule has 2 nitrogen and oxygen atoms in total. The van der Waals surface area contributed by atoms with Gasteiger partial charge in [0.15, 0.2) is 16.1 Å². The molecule has 0 N–H and O–H groups in total. The van der Waals surface area contributed by atoms with Crippen molar-refractivity contribution in [3.8, 4) is 33.6 Å². The first-order valence-corrected chi connectivity index (χ1v) is 30.4. The number of hydrogen-bond donors (Lipinski definition) is 0. The van der Waals surface area contributed by atoms with E-state index < -0.39 is 16.1 Å². The van der Waals surface area contributed by atoms with E-state index in [1.54, 1.807) is 0 Å². The zero-order valence-electron chi connectivity index (χ0n) is 41.8. The van der Waals surface area contributed by atoms with Crippen LogP contribution >= 0.6 is 0 Å². The molecular weight excluding hydrogens is 949 g/mol. The van der Waals surface area contributed by atoms with E-state index >= 15 is 0 Å². The van der Waals surface area contributed by atoms with Crippen LogP contribution in [0.2, 0.25) is 0 Å². The summed E-state index contributed by atoms with van der Waals surface area (Å²) in [6.07, 6.45) is 0. The molecule has 12 aromatic carbocycles. The number of aromatic nitrogens is 2. The predicted octanol–water partition coefficient (Wildman–Crippen LogP) is 12.3. The standard InChI is InChI=1S/C72H50N2Si2/c1-6-24-53(25-7-1)75(54-26-8-2-9-27-54,55-28-10-3-11-29-55)58-47-45-52(46-48-58)73-64-38-19-17-36-62(64)72-67(73)41-23-42-68(72)74-65-39-20-16-35-61(65)71-59(37-22-40-66(71)74)51-44-49-70-63(50-51)60-34-18-21-43-69(60)76(70,56-30-12-4-13-31-56)57-32-14-5-15-33-57/h1-50H. The van der Waals surface area contributed by atoms with E-state index in [-0.39, 0.29) is 0 Å². The van der Waals surface area contributed by atoms with Gasteiger partial charge in [-0.05, 0) is 112 Å². The van der Waals surface area contributed by atoms with E-state index in [9.17, 15) is 0 Å². The van der Waals surface area contributed by atoms with Crippen LogP contribution in [-0.2, 0) is 0 Å². The number of para-hydroxylation sites is 2. The highest BCUT2D eigenvalue weighted by molar-refractivity contribution is 7.22. The maximum Gasteiger partial charge on any atom is 0.180 e. The Hall–Kier alpha value is -9.33. The first-order valence-electron chi connectivity index (χ1n) is 26.4. The molecule has 0 amide bonds. The minimum Gasteiger partial charge on any atom is -0.309 e. The molecule has 0 unspecified atom stereocenters. The number of hydrogen-bond acceptors (Lipinski definition) is 0. The molecule has 2 aromatic heterocycles. The van der Waals surface area contributed by atoms with Crippen LogP contribution in [0, 0.1) is 0 Å². The second-order valence-corrected chi connectivity index (χ2v) is 27.8. The summed E-state index contributed by atoms with van der Waals surface area (Å²) in [4.78, 5) is 0. The molecule has 3 heterocycles. The lowest BCUT2D eigenvalue weighted by atomic mass is 9.96. The molecule has 0 radical (unpaired) electrons. The first kappa shape index (κ1) is 44.2. The maximum atomic E-state index is 2.53. The van der Waals surface area contributed by atoms with Gasteiger partial charge in [-0.1, -0.05) is 255 Å². The normalized spacial score (nSPS) is 12.8. The Morgan fingerprint density at radius 1 is 0.276 bits per heavy atom. The molecule has 0 saturated carbocycles. The lowest BCUT2D eigenvalue weighted by Gasteiger charge is -2.34. The highest BCUT2D eigenvalue weighted by atomic mass is 28.3. The van der Waals surface area contributed by atoms with Gasteiger partial charge in [-0.25, -0.2) is 0 Å². The average Bonchev–Trinajstić information content (AvgIpc) is 4.31. The highest BCUT2D eigenvalue weighted by Gasteiger charge is 2.48. The molecule has 0 bridgehead atoms. The first-order chi connectivity index (χ1) is 37.7. The van der Waals surface area contributed by atoms with Gasteiger partial charge in [0, 0.05) is 27.2 Å². The van der Waals surface area contributed by atoms with Gasteiger partial charge in [-0.15, -0.1) is 0 Å². The number of rotatable bonds is 9. The molecule has 0 spiro atoms. The molecule has 14 aromatic rings. The van der Waals surface area contributed by atoms with Crippen LogP contribution < -0.4 is 41.5 Å². The van der Waals surface area contributed by atoms with Gasteiger partial charge < -0.3 is 9.13 Å². The minimum atomic E-state index is -2.71. The van der Waals surface area contributed by atoms with Crippen LogP contribution in [0.4, 0.5) is 0 Å². The largest absolute Gasteiger partial charge is 0.309 e. The van der Waals surface area contributed by atoms with Crippen LogP contribution in [0.25, 0.3) is 77.2 Å². The van der Waals surface area contributed by atoms with Gasteiger partial charge in [0.1, 0.15) is 0 Å². The fourth-order valence-electron chi connectivity index (χ4n) is 13.5. The third-order valence-electron chi connectivity index (χ3n) is 16.6. The Balaban J connectivity index is 0.915. The lowest BCUT2D eigenvalue weighted by Crippen LogP contribution is -2.74. The van der Waals surface area contributed by atoms with Gasteiger partial charge in [0.05, 0.1) is 27.8 Å². The number of fused-ring (bicyclic) bond motifs is 9. The van der Waals surface area contributed by atoms with Crippen LogP contribution in [0.15, 0.2) is 303 Å². The molecule has 1 aliphatic heterocycles. The highest BCUT2D eigenvalue weighted by Crippen LogP contribution is 2.43. The third kappa shape index (κ3) is 6.38. The molecule has 1 aliphatic rings. The Morgan fingerprint density at radius 3 is 1.32 bits per heavy atom. The Kier molecular flexibility index (Phi) is 10.3. The van der Waals surface area contributed by atoms with E-state index in [4.69, 9.17) is 0 Å². The van der Waals surface area contributed by atoms with E-state index in [1.807, 2.05) is 0 Å². The molecule has 15 rings (SSSR count). The Bertz CT molecular complexity index is 4350. The summed E-state index contributed by atoms with van der Waals surface area (Å²) in [5, 5.41) is 16.1. The topological polar surface area (TPSA) is 9.86 Å². The van der Waals surface area contributed by atoms with Crippen molar-refractivity contribution in [3.63, 3.8) is 0 Å². The zero-order chi connectivity index (χ0) is 50.2. The van der Waals surface area contributed by atoms with Crippen molar-refractivity contribution in [3.05, 3.63) is 303 Å². The molecule has 0 saturated heterocycles. The summed E-state index contributed by atoms with van der Waals surface area (Å²) in [6.45, 7) is 0. The third-order valence-corrected chi connectivity index (χ3v) is 26.2. The van der Waals surface area contributed by atoms with Gasteiger partial charge in [-0.3, -0.25) is 0 Å². The number of nitrogens with zero attached hydrogens (tertiary/aromatic N) is 2. The van der Waals surface area contributed by atoms with Crippen molar-refractivity contribution in [1.82, 2.24) is 9.13 Å². The SMILES string of the molecule is c1ccc([Si](c2ccccc2)(c2ccccc2)c2ccc(-n3c4ccccc4c4c(-n5c6ccccc6c6c(-c7ccc8c(c7)-c7ccccc7[Si]8(c7ccccc7)c7ccccc7)cccc65)cccc43)cc2)cc1. The fraction of sp³-hybridized carbons (Fsp3) is 0. The summed E-state index contributed by atoms with van der Waals surface area (Å²) in [5.41, 5.74) is 12.2. The summed E-state index contributed by atoms with van der Waals surface area (Å²) in [7, 11) is -5.33. The van der Waals surface area contributed by atoms with Crippen LogP contribution in [0.3, 0.4) is 0 Å². The lowest BCUT2D eigenvalue weighted by molar-refractivity contribution is 1.17. The molecule has 356 valence electrons. The van der Waals surface area contributed by atoms with Gasteiger partial charge in [-0.2, -0.15) is 0 Å². The zero-order valence-corrected chi connectivity index (χ0v) is 43.8. The molecule has 4 heteroatoms. The quantitative estimate of drug-likeness (QED) is 0.101. The van der Waals surface area contributed by atoms with Crippen LogP contribution in [0.5, 0.6) is 0 Å². The molecule has 0 fully saturated rings. The Morgan fingerprint density at radius 2 is 0.711 bits per heavy atom. The average molecular weight is 999 g/mol. The summed E-state index contributed by atoms with van der Waals surface area (Å²) in [6, 6.07) is 114. The smallest absolute Gasteiger partial charge is 0.180 e. The molecule has 0 aliphatic carbocycles. The number of benzene rings is 12. The van der Waals surface area contributed by atoms with Gasteiger partial charge in [0.2, 0.25) is 0 Å². The Labute approximate surface area is 444 Å². The monoisotopic (exact) mass is 998 g/mol. The maximum absolute atomic E-state index is 2.71. The van der Waals surface area contributed by atoms with Crippen LogP contribution in [-0.4, -0.2) is 25.3 Å². The van der Waals surface area contributed by atoms with E-state index in [0.717, 1.165) is 5.69 Å². The van der Waals surface area contributed by atoms with Gasteiger partial charge >= 0.3 is 0 Å². The predicted molar refractivity (Wildman–Crippen MR) is 327 cm³/mol. The minimum absolute atomic E-state index is 1.14. The van der Waals surface area contributed by atoms with Crippen molar-refractivity contribution in [2.75, 3.05) is 0 Å². The molecule has 0 atom stereocenters. The van der Waals surface area contributed by atoms with E-state index in [2.05, 4.69) is 312 Å². The van der Waals surface area contributed by atoms with E-state index in [1.165, 1.54) is 113 Å². The molecule has 76 heavy (non-hydrogen) atoms. The van der Waals surface area contributed by atoms with Crippen molar-refractivity contribution in [2.45, 2.75) is 0 Å². The van der Waals surface area contributed by atoms with Crippen molar-refractivity contribution >= 4 is 101 Å². The van der Waals surface area contributed by atoms with E-state index in [0.29, 0.717) is 0 Å². The second kappa shape index (κ2) is 17.7. The molecular formula is C72H50N2Si2. The van der Waals surface area contributed by atoms with Crippen molar-refractivity contribution in [2.24, 2.45) is 0 Å². The summed E-state index contributed by atoms with van der Waals surface area (Å²) in [5.74, 6) is 0.